The van der Waals surface area contributed by atoms with Crippen LogP contribution in [0.25, 0.3) is 0 Å². The first-order valence-corrected chi connectivity index (χ1v) is 12.5. The summed E-state index contributed by atoms with van der Waals surface area (Å²) in [6.07, 6.45) is 4.21. The lowest BCUT2D eigenvalue weighted by molar-refractivity contribution is -0.131. The quantitative estimate of drug-likeness (QED) is 0.471. The lowest BCUT2D eigenvalue weighted by atomic mass is 10.1. The van der Waals surface area contributed by atoms with E-state index in [9.17, 15) is 9.59 Å². The Morgan fingerprint density at radius 2 is 1.86 bits per heavy atom. The second kappa shape index (κ2) is 12.3. The second-order valence-corrected chi connectivity index (χ2v) is 9.25. The molecule has 188 valence electrons. The third-order valence-electron chi connectivity index (χ3n) is 6.39. The molecule has 2 amide bonds. The average Bonchev–Trinajstić information content (AvgIpc) is 2.89. The molecule has 36 heavy (non-hydrogen) atoms. The zero-order chi connectivity index (χ0) is 25.3. The zero-order valence-electron chi connectivity index (χ0n) is 20.9. The molecule has 0 spiro atoms. The van der Waals surface area contributed by atoms with Crippen LogP contribution in [0, 0.1) is 6.92 Å². The number of nitrogens with zero attached hydrogens (tertiary/aromatic N) is 2. The Balaban J connectivity index is 1.35. The van der Waals surface area contributed by atoms with Crippen molar-refractivity contribution in [2.24, 2.45) is 0 Å². The lowest BCUT2D eigenvalue weighted by Crippen LogP contribution is -2.43. The molecule has 1 aliphatic heterocycles. The number of piperidine rings is 1. The third kappa shape index (κ3) is 7.15. The summed E-state index contributed by atoms with van der Waals surface area (Å²) in [5, 5.41) is 6.33. The Hall–Kier alpha value is -3.71. The van der Waals surface area contributed by atoms with Crippen molar-refractivity contribution >= 4 is 17.6 Å². The maximum absolute atomic E-state index is 13.2. The van der Waals surface area contributed by atoms with E-state index in [4.69, 9.17) is 4.74 Å². The smallest absolute Gasteiger partial charge is 0.247 e. The van der Waals surface area contributed by atoms with Crippen LogP contribution in [0.4, 0.5) is 5.82 Å². The number of hydrogen-bond acceptors (Lipinski definition) is 5. The van der Waals surface area contributed by atoms with Gasteiger partial charge in [-0.05, 0) is 49.4 Å². The van der Waals surface area contributed by atoms with Crippen molar-refractivity contribution in [1.82, 2.24) is 15.2 Å². The van der Waals surface area contributed by atoms with Crippen LogP contribution in [0.3, 0.4) is 0 Å². The molecule has 3 aromatic rings. The summed E-state index contributed by atoms with van der Waals surface area (Å²) in [4.78, 5) is 31.1. The SMILES string of the molecule is CC(=O)N1CCC[C@H](Oc2ccc(NC(=O)[C@@H](NCCc3ccc(C)cc3)c3ccccc3)nc2)C1. The molecule has 7 heteroatoms. The van der Waals surface area contributed by atoms with Crippen LogP contribution in [0.2, 0.25) is 0 Å². The molecule has 2 atom stereocenters. The molecule has 1 aromatic heterocycles. The van der Waals surface area contributed by atoms with E-state index in [0.29, 0.717) is 24.7 Å². The van der Waals surface area contributed by atoms with Gasteiger partial charge in [-0.1, -0.05) is 60.2 Å². The number of hydrogen-bond donors (Lipinski definition) is 2. The summed E-state index contributed by atoms with van der Waals surface area (Å²) in [6, 6.07) is 21.2. The van der Waals surface area contributed by atoms with Crippen molar-refractivity contribution in [1.29, 1.82) is 0 Å². The number of anilines is 1. The summed E-state index contributed by atoms with van der Waals surface area (Å²) >= 11 is 0. The Labute approximate surface area is 212 Å². The molecule has 4 rings (SSSR count). The number of ether oxygens (including phenoxy) is 1. The van der Waals surface area contributed by atoms with E-state index in [1.807, 2.05) is 35.2 Å². The van der Waals surface area contributed by atoms with Gasteiger partial charge in [0.15, 0.2) is 0 Å². The number of amides is 2. The second-order valence-electron chi connectivity index (χ2n) is 9.25. The van der Waals surface area contributed by atoms with Gasteiger partial charge in [0.25, 0.3) is 0 Å². The molecule has 2 aromatic carbocycles. The molecule has 1 aliphatic rings. The highest BCUT2D eigenvalue weighted by Crippen LogP contribution is 2.20. The fourth-order valence-corrected chi connectivity index (χ4v) is 4.36. The van der Waals surface area contributed by atoms with E-state index in [2.05, 4.69) is 46.8 Å². The van der Waals surface area contributed by atoms with E-state index in [1.54, 1.807) is 25.3 Å². The lowest BCUT2D eigenvalue weighted by Gasteiger charge is -2.32. The molecule has 0 saturated carbocycles. The normalized spacial score (nSPS) is 16.3. The van der Waals surface area contributed by atoms with E-state index in [-0.39, 0.29) is 17.9 Å². The van der Waals surface area contributed by atoms with Crippen LogP contribution in [0.1, 0.15) is 42.5 Å². The maximum Gasteiger partial charge on any atom is 0.247 e. The van der Waals surface area contributed by atoms with Gasteiger partial charge in [0.1, 0.15) is 23.7 Å². The maximum atomic E-state index is 13.2. The highest BCUT2D eigenvalue weighted by atomic mass is 16.5. The Bertz CT molecular complexity index is 1130. The van der Waals surface area contributed by atoms with Gasteiger partial charge < -0.3 is 20.3 Å². The largest absolute Gasteiger partial charge is 0.487 e. The van der Waals surface area contributed by atoms with Gasteiger partial charge in [0.2, 0.25) is 11.8 Å². The van der Waals surface area contributed by atoms with Gasteiger partial charge in [-0.2, -0.15) is 0 Å². The molecule has 7 nitrogen and oxygen atoms in total. The minimum atomic E-state index is -0.505. The van der Waals surface area contributed by atoms with Crippen molar-refractivity contribution < 1.29 is 14.3 Å². The van der Waals surface area contributed by atoms with Crippen LogP contribution in [-0.4, -0.2) is 47.4 Å². The highest BCUT2D eigenvalue weighted by Gasteiger charge is 2.23. The van der Waals surface area contributed by atoms with Gasteiger partial charge in [0.05, 0.1) is 12.7 Å². The fraction of sp³-hybridized carbons (Fsp3) is 0.345. The first-order chi connectivity index (χ1) is 17.5. The zero-order valence-corrected chi connectivity index (χ0v) is 20.9. The number of pyridine rings is 1. The molecule has 1 fully saturated rings. The first kappa shape index (κ1) is 25.4. The predicted octanol–water partition coefficient (Wildman–Crippen LogP) is 4.29. The van der Waals surface area contributed by atoms with Crippen molar-refractivity contribution in [2.45, 2.75) is 45.3 Å². The van der Waals surface area contributed by atoms with Crippen LogP contribution in [-0.2, 0) is 16.0 Å². The minimum absolute atomic E-state index is 0.0509. The number of carbonyl (C=O) groups excluding carboxylic acids is 2. The van der Waals surface area contributed by atoms with Gasteiger partial charge in [-0.15, -0.1) is 0 Å². The molecular weight excluding hydrogens is 452 g/mol. The average molecular weight is 487 g/mol. The molecule has 0 bridgehead atoms. The number of likely N-dealkylation sites (tertiary alicyclic amines) is 1. The van der Waals surface area contributed by atoms with E-state index >= 15 is 0 Å². The molecule has 2 N–H and O–H groups in total. The van der Waals surface area contributed by atoms with Crippen molar-refractivity contribution in [3.05, 3.63) is 89.6 Å². The number of benzene rings is 2. The van der Waals surface area contributed by atoms with Crippen molar-refractivity contribution in [2.75, 3.05) is 25.0 Å². The number of aromatic nitrogens is 1. The molecule has 0 aliphatic carbocycles. The van der Waals surface area contributed by atoms with E-state index < -0.39 is 6.04 Å². The number of nitrogens with one attached hydrogen (secondary N) is 2. The third-order valence-corrected chi connectivity index (χ3v) is 6.39. The summed E-state index contributed by atoms with van der Waals surface area (Å²) in [6.45, 7) is 5.68. The Kier molecular flexibility index (Phi) is 8.68. The van der Waals surface area contributed by atoms with Crippen LogP contribution in [0.15, 0.2) is 72.9 Å². The van der Waals surface area contributed by atoms with Gasteiger partial charge in [0, 0.05) is 20.0 Å². The highest BCUT2D eigenvalue weighted by molar-refractivity contribution is 5.94. The fourth-order valence-electron chi connectivity index (χ4n) is 4.36. The topological polar surface area (TPSA) is 83.6 Å². The van der Waals surface area contributed by atoms with Gasteiger partial charge in [-0.3, -0.25) is 9.59 Å². The van der Waals surface area contributed by atoms with Crippen molar-refractivity contribution in [3.8, 4) is 5.75 Å². The molecule has 0 radical (unpaired) electrons. The van der Waals surface area contributed by atoms with E-state index in [0.717, 1.165) is 31.4 Å². The van der Waals surface area contributed by atoms with Crippen LogP contribution < -0.4 is 15.4 Å². The number of rotatable bonds is 9. The molecular formula is C29H34N4O3. The van der Waals surface area contributed by atoms with Crippen LogP contribution in [0.5, 0.6) is 5.75 Å². The molecule has 0 unspecified atom stereocenters. The summed E-state index contributed by atoms with van der Waals surface area (Å²) in [5.41, 5.74) is 3.35. The number of aryl methyl sites for hydroxylation is 1. The predicted molar refractivity (Wildman–Crippen MR) is 141 cm³/mol. The monoisotopic (exact) mass is 486 g/mol. The Morgan fingerprint density at radius 3 is 2.56 bits per heavy atom. The summed E-state index contributed by atoms with van der Waals surface area (Å²) in [5.74, 6) is 0.984. The van der Waals surface area contributed by atoms with Crippen molar-refractivity contribution in [3.63, 3.8) is 0 Å². The Morgan fingerprint density at radius 1 is 1.08 bits per heavy atom. The van der Waals surface area contributed by atoms with E-state index in [1.165, 1.54) is 11.1 Å². The molecule has 2 heterocycles. The summed E-state index contributed by atoms with van der Waals surface area (Å²) < 4.78 is 6.03. The number of carbonyl (C=O) groups is 2. The molecule has 1 saturated heterocycles. The van der Waals surface area contributed by atoms with Crippen LogP contribution >= 0.6 is 0 Å². The summed E-state index contributed by atoms with van der Waals surface area (Å²) in [7, 11) is 0. The standard InChI is InChI=1S/C29H34N4O3/c1-21-10-12-23(13-11-21)16-17-30-28(24-7-4-3-5-8-24)29(35)32-27-15-14-25(19-31-27)36-26-9-6-18-33(20-26)22(2)34/h3-5,7-8,10-15,19,26,28,30H,6,9,16-18,20H2,1-2H3,(H,31,32,35)/t26-,28-/m0/s1. The minimum Gasteiger partial charge on any atom is -0.487 e. The van der Waals surface area contributed by atoms with Gasteiger partial charge in [-0.25, -0.2) is 4.98 Å². The van der Waals surface area contributed by atoms with Gasteiger partial charge >= 0.3 is 0 Å². The first-order valence-electron chi connectivity index (χ1n) is 12.5.